The van der Waals surface area contributed by atoms with Crippen molar-refractivity contribution in [1.29, 1.82) is 0 Å². The average Bonchev–Trinajstić information content (AvgIpc) is 3.03. The Morgan fingerprint density at radius 2 is 1.96 bits per heavy atom. The molecule has 0 bridgehead atoms. The van der Waals surface area contributed by atoms with Gasteiger partial charge in [-0.25, -0.2) is 4.79 Å². The van der Waals surface area contributed by atoms with Crippen LogP contribution in [0.15, 0.2) is 48.5 Å². The minimum Gasteiger partial charge on any atom is -0.497 e. The molecule has 0 N–H and O–H groups in total. The Morgan fingerprint density at radius 3 is 2.78 bits per heavy atom. The first-order valence-electron chi connectivity index (χ1n) is 7.38. The SMILES string of the molecule is COc1cccc(C(=O)OCC(=O)N2CCc3ccccc32)c1. The normalized spacial score (nSPS) is 12.7. The fourth-order valence-corrected chi connectivity index (χ4v) is 2.64. The lowest BCUT2D eigenvalue weighted by Crippen LogP contribution is -2.33. The lowest BCUT2D eigenvalue weighted by atomic mass is 10.2. The monoisotopic (exact) mass is 311 g/mol. The third-order valence-corrected chi connectivity index (χ3v) is 3.82. The zero-order valence-corrected chi connectivity index (χ0v) is 12.8. The van der Waals surface area contributed by atoms with E-state index in [9.17, 15) is 9.59 Å². The summed E-state index contributed by atoms with van der Waals surface area (Å²) in [5.74, 6) is -0.185. The summed E-state index contributed by atoms with van der Waals surface area (Å²) in [5, 5.41) is 0. The lowest BCUT2D eigenvalue weighted by Gasteiger charge is -2.17. The molecule has 3 rings (SSSR count). The van der Waals surface area contributed by atoms with Gasteiger partial charge < -0.3 is 14.4 Å². The number of ether oxygens (including phenoxy) is 2. The molecule has 0 spiro atoms. The van der Waals surface area contributed by atoms with Crippen LogP contribution in [0.25, 0.3) is 0 Å². The minimum atomic E-state index is -0.537. The van der Waals surface area contributed by atoms with Gasteiger partial charge in [0, 0.05) is 12.2 Å². The number of hydrogen-bond donors (Lipinski definition) is 0. The Bertz CT molecular complexity index is 741. The number of fused-ring (bicyclic) bond motifs is 1. The van der Waals surface area contributed by atoms with Gasteiger partial charge >= 0.3 is 5.97 Å². The predicted octanol–water partition coefficient (Wildman–Crippen LogP) is 2.44. The molecule has 0 aromatic heterocycles. The van der Waals surface area contributed by atoms with Crippen LogP contribution in [-0.4, -0.2) is 32.1 Å². The van der Waals surface area contributed by atoms with Crippen molar-refractivity contribution in [3.05, 3.63) is 59.7 Å². The molecule has 1 aliphatic heterocycles. The second-order valence-corrected chi connectivity index (χ2v) is 5.23. The first-order valence-corrected chi connectivity index (χ1v) is 7.38. The van der Waals surface area contributed by atoms with Gasteiger partial charge in [0.1, 0.15) is 5.75 Å². The molecule has 0 fully saturated rings. The van der Waals surface area contributed by atoms with Crippen molar-refractivity contribution in [2.45, 2.75) is 6.42 Å². The molecule has 0 unspecified atom stereocenters. The molecule has 1 aliphatic rings. The van der Waals surface area contributed by atoms with Crippen LogP contribution in [0.1, 0.15) is 15.9 Å². The zero-order valence-electron chi connectivity index (χ0n) is 12.8. The summed E-state index contributed by atoms with van der Waals surface area (Å²) in [4.78, 5) is 26.0. The van der Waals surface area contributed by atoms with Crippen LogP contribution >= 0.6 is 0 Å². The van der Waals surface area contributed by atoms with Gasteiger partial charge in [0.05, 0.1) is 12.7 Å². The van der Waals surface area contributed by atoms with Crippen LogP contribution in [0.5, 0.6) is 5.75 Å². The summed E-state index contributed by atoms with van der Waals surface area (Å²) in [7, 11) is 1.53. The highest BCUT2D eigenvalue weighted by molar-refractivity contribution is 5.98. The Morgan fingerprint density at radius 1 is 1.13 bits per heavy atom. The van der Waals surface area contributed by atoms with E-state index in [-0.39, 0.29) is 12.5 Å². The lowest BCUT2D eigenvalue weighted by molar-refractivity contribution is -0.121. The molecule has 5 heteroatoms. The number of esters is 1. The van der Waals surface area contributed by atoms with Crippen molar-refractivity contribution >= 4 is 17.6 Å². The summed E-state index contributed by atoms with van der Waals surface area (Å²) >= 11 is 0. The van der Waals surface area contributed by atoms with E-state index in [2.05, 4.69) is 0 Å². The van der Waals surface area contributed by atoms with E-state index in [1.165, 1.54) is 7.11 Å². The topological polar surface area (TPSA) is 55.8 Å². The number of methoxy groups -OCH3 is 1. The third-order valence-electron chi connectivity index (χ3n) is 3.82. The van der Waals surface area contributed by atoms with Crippen molar-refractivity contribution in [3.63, 3.8) is 0 Å². The van der Waals surface area contributed by atoms with E-state index in [4.69, 9.17) is 9.47 Å². The van der Waals surface area contributed by atoms with E-state index in [1.54, 1.807) is 29.2 Å². The van der Waals surface area contributed by atoms with Gasteiger partial charge in [-0.05, 0) is 36.2 Å². The van der Waals surface area contributed by atoms with Crippen molar-refractivity contribution in [1.82, 2.24) is 0 Å². The maximum absolute atomic E-state index is 12.3. The average molecular weight is 311 g/mol. The van der Waals surface area contributed by atoms with Gasteiger partial charge in [-0.2, -0.15) is 0 Å². The molecule has 0 saturated heterocycles. The highest BCUT2D eigenvalue weighted by Gasteiger charge is 2.25. The van der Waals surface area contributed by atoms with Crippen LogP contribution in [0.2, 0.25) is 0 Å². The van der Waals surface area contributed by atoms with Crippen LogP contribution < -0.4 is 9.64 Å². The molecule has 0 aliphatic carbocycles. The van der Waals surface area contributed by atoms with E-state index in [0.717, 1.165) is 17.7 Å². The number of nitrogens with zero attached hydrogens (tertiary/aromatic N) is 1. The summed E-state index contributed by atoms with van der Waals surface area (Å²) in [6.07, 6.45) is 0.825. The molecule has 0 saturated carbocycles. The van der Waals surface area contributed by atoms with Crippen molar-refractivity contribution in [2.75, 3.05) is 25.2 Å². The maximum atomic E-state index is 12.3. The molecule has 0 atom stereocenters. The first kappa shape index (κ1) is 15.1. The highest BCUT2D eigenvalue weighted by Crippen LogP contribution is 2.27. The van der Waals surface area contributed by atoms with Gasteiger partial charge in [0.2, 0.25) is 0 Å². The van der Waals surface area contributed by atoms with E-state index < -0.39 is 5.97 Å². The molecule has 2 aromatic rings. The fraction of sp³-hybridized carbons (Fsp3) is 0.222. The van der Waals surface area contributed by atoms with E-state index >= 15 is 0 Å². The standard InChI is InChI=1S/C18H17NO4/c1-22-15-7-4-6-14(11-15)18(21)23-12-17(20)19-10-9-13-5-2-3-8-16(13)19/h2-8,11H,9-10,12H2,1H3. The Balaban J connectivity index is 1.62. The largest absolute Gasteiger partial charge is 0.497 e. The van der Waals surface area contributed by atoms with E-state index in [1.807, 2.05) is 24.3 Å². The number of carbonyl (C=O) groups is 2. The molecule has 0 radical (unpaired) electrons. The van der Waals surface area contributed by atoms with Gasteiger partial charge in [-0.1, -0.05) is 24.3 Å². The maximum Gasteiger partial charge on any atom is 0.338 e. The van der Waals surface area contributed by atoms with Gasteiger partial charge in [0.15, 0.2) is 6.61 Å². The minimum absolute atomic E-state index is 0.216. The van der Waals surface area contributed by atoms with Crippen molar-refractivity contribution < 1.29 is 19.1 Å². The zero-order chi connectivity index (χ0) is 16.2. The number of para-hydroxylation sites is 1. The van der Waals surface area contributed by atoms with Crippen molar-refractivity contribution in [2.24, 2.45) is 0 Å². The number of anilines is 1. The highest BCUT2D eigenvalue weighted by atomic mass is 16.5. The molecular formula is C18H17NO4. The number of carbonyl (C=O) groups excluding carboxylic acids is 2. The Hall–Kier alpha value is -2.82. The first-order chi connectivity index (χ1) is 11.2. The summed E-state index contributed by atoms with van der Waals surface area (Å²) < 4.78 is 10.2. The van der Waals surface area contributed by atoms with Gasteiger partial charge in [-0.3, -0.25) is 4.79 Å². The summed E-state index contributed by atoms with van der Waals surface area (Å²) in [6, 6.07) is 14.4. The third kappa shape index (κ3) is 3.18. The summed E-state index contributed by atoms with van der Waals surface area (Å²) in [5.41, 5.74) is 2.40. The molecule has 118 valence electrons. The Kier molecular flexibility index (Phi) is 4.28. The van der Waals surface area contributed by atoms with Gasteiger partial charge in [-0.15, -0.1) is 0 Å². The van der Waals surface area contributed by atoms with Crippen LogP contribution in [0.3, 0.4) is 0 Å². The molecular weight excluding hydrogens is 294 g/mol. The Labute approximate surface area is 134 Å². The van der Waals surface area contributed by atoms with Crippen molar-refractivity contribution in [3.8, 4) is 5.75 Å². The smallest absolute Gasteiger partial charge is 0.338 e. The van der Waals surface area contributed by atoms with Crippen LogP contribution in [0.4, 0.5) is 5.69 Å². The van der Waals surface area contributed by atoms with Gasteiger partial charge in [0.25, 0.3) is 5.91 Å². The quantitative estimate of drug-likeness (QED) is 0.814. The molecule has 1 amide bonds. The van der Waals surface area contributed by atoms with Crippen LogP contribution in [0, 0.1) is 0 Å². The molecule has 5 nitrogen and oxygen atoms in total. The molecule has 1 heterocycles. The number of hydrogen-bond acceptors (Lipinski definition) is 4. The number of rotatable bonds is 4. The predicted molar refractivity (Wildman–Crippen MR) is 85.8 cm³/mol. The molecule has 23 heavy (non-hydrogen) atoms. The second kappa shape index (κ2) is 6.52. The summed E-state index contributed by atoms with van der Waals surface area (Å²) in [6.45, 7) is 0.346. The molecule has 2 aromatic carbocycles. The number of amides is 1. The second-order valence-electron chi connectivity index (χ2n) is 5.23. The van der Waals surface area contributed by atoms with Crippen LogP contribution in [-0.2, 0) is 16.0 Å². The fourth-order valence-electron chi connectivity index (χ4n) is 2.64. The van der Waals surface area contributed by atoms with E-state index in [0.29, 0.717) is 17.9 Å². The number of benzene rings is 2.